The van der Waals surface area contributed by atoms with E-state index in [1.165, 1.54) is 0 Å². The first-order valence-electron chi connectivity index (χ1n) is 6.32. The molecule has 2 nitrogen and oxygen atoms in total. The third-order valence-corrected chi connectivity index (χ3v) is 3.34. The van der Waals surface area contributed by atoms with Gasteiger partial charge in [0.25, 0.3) is 0 Å². The number of hydrogen-bond donors (Lipinski definition) is 0. The highest BCUT2D eigenvalue weighted by atomic mass is 16.5. The monoisotopic (exact) mass is 254 g/mol. The zero-order valence-electron chi connectivity index (χ0n) is 11.5. The second-order valence-electron chi connectivity index (χ2n) is 4.71. The molecule has 2 aromatic carbocycles. The second kappa shape index (κ2) is 5.70. The van der Waals surface area contributed by atoms with Crippen molar-refractivity contribution in [1.29, 1.82) is 0 Å². The van der Waals surface area contributed by atoms with E-state index in [1.807, 2.05) is 56.3 Å². The largest absolute Gasteiger partial charge is 0.496 e. The molecule has 0 aliphatic heterocycles. The molecule has 0 amide bonds. The summed E-state index contributed by atoms with van der Waals surface area (Å²) in [6, 6.07) is 13.9. The lowest BCUT2D eigenvalue weighted by Crippen LogP contribution is -2.04. The summed E-state index contributed by atoms with van der Waals surface area (Å²) in [5, 5.41) is 0. The maximum atomic E-state index is 11.5. The van der Waals surface area contributed by atoms with Crippen LogP contribution in [0.4, 0.5) is 0 Å². The van der Waals surface area contributed by atoms with Gasteiger partial charge in [-0.3, -0.25) is 0 Å². The quantitative estimate of drug-likeness (QED) is 0.779. The number of aryl methyl sites for hydroxylation is 2. The Balaban J connectivity index is 2.48. The Morgan fingerprint density at radius 3 is 2.05 bits per heavy atom. The van der Waals surface area contributed by atoms with E-state index in [0.29, 0.717) is 0 Å². The lowest BCUT2D eigenvalue weighted by Gasteiger charge is -2.16. The summed E-state index contributed by atoms with van der Waals surface area (Å²) < 4.78 is 5.36. The van der Waals surface area contributed by atoms with Crippen molar-refractivity contribution in [2.24, 2.45) is 0 Å². The Morgan fingerprint density at radius 2 is 1.58 bits per heavy atom. The van der Waals surface area contributed by atoms with E-state index in [0.717, 1.165) is 34.3 Å². The molecule has 1 unspecified atom stereocenters. The highest BCUT2D eigenvalue weighted by Gasteiger charge is 2.15. The minimum atomic E-state index is -0.218. The predicted molar refractivity (Wildman–Crippen MR) is 76.8 cm³/mol. The molecule has 0 radical (unpaired) electrons. The maximum Gasteiger partial charge on any atom is 0.131 e. The van der Waals surface area contributed by atoms with Crippen LogP contribution in [-0.2, 0) is 4.79 Å². The first kappa shape index (κ1) is 13.3. The third-order valence-electron chi connectivity index (χ3n) is 3.34. The van der Waals surface area contributed by atoms with E-state index < -0.39 is 0 Å². The molecular weight excluding hydrogens is 236 g/mol. The molecule has 0 heterocycles. The average Bonchev–Trinajstić information content (AvgIpc) is 2.40. The lowest BCUT2D eigenvalue weighted by molar-refractivity contribution is -0.108. The third kappa shape index (κ3) is 2.68. The van der Waals surface area contributed by atoms with E-state index >= 15 is 0 Å². The van der Waals surface area contributed by atoms with Crippen molar-refractivity contribution in [3.63, 3.8) is 0 Å². The molecule has 2 aromatic rings. The molecule has 0 aromatic heterocycles. The fraction of sp³-hybridized carbons (Fsp3) is 0.235. The molecule has 0 aliphatic carbocycles. The molecule has 2 rings (SSSR count). The number of benzene rings is 2. The van der Waals surface area contributed by atoms with Gasteiger partial charge < -0.3 is 9.53 Å². The zero-order valence-corrected chi connectivity index (χ0v) is 11.5. The van der Waals surface area contributed by atoms with Crippen LogP contribution in [0.2, 0.25) is 0 Å². The van der Waals surface area contributed by atoms with Gasteiger partial charge in [0.1, 0.15) is 12.0 Å². The molecular formula is C17H18O2. The Bertz CT molecular complexity index is 550. The number of hydrogen-bond acceptors (Lipinski definition) is 2. The molecule has 0 saturated carbocycles. The van der Waals surface area contributed by atoms with Crippen molar-refractivity contribution in [3.05, 3.63) is 64.7 Å². The number of aldehydes is 1. The molecule has 19 heavy (non-hydrogen) atoms. The van der Waals surface area contributed by atoms with Crippen LogP contribution in [-0.4, -0.2) is 13.4 Å². The minimum absolute atomic E-state index is 0.218. The van der Waals surface area contributed by atoms with Gasteiger partial charge >= 0.3 is 0 Å². The summed E-state index contributed by atoms with van der Waals surface area (Å²) in [7, 11) is 1.67. The SMILES string of the molecule is COc1c(C)cc(C(C=O)c2ccccc2)cc1C. The van der Waals surface area contributed by atoms with Crippen LogP contribution in [0.5, 0.6) is 5.75 Å². The van der Waals surface area contributed by atoms with E-state index in [2.05, 4.69) is 0 Å². The molecule has 98 valence electrons. The van der Waals surface area contributed by atoms with Gasteiger partial charge in [-0.15, -0.1) is 0 Å². The first-order chi connectivity index (χ1) is 9.17. The van der Waals surface area contributed by atoms with Crippen molar-refractivity contribution >= 4 is 6.29 Å². The van der Waals surface area contributed by atoms with Gasteiger partial charge in [0.2, 0.25) is 0 Å². The summed E-state index contributed by atoms with van der Waals surface area (Å²) in [5.41, 5.74) is 4.14. The summed E-state index contributed by atoms with van der Waals surface area (Å²) in [6.45, 7) is 4.00. The topological polar surface area (TPSA) is 26.3 Å². The molecule has 0 bridgehead atoms. The molecule has 2 heteroatoms. The average molecular weight is 254 g/mol. The van der Waals surface area contributed by atoms with E-state index in [9.17, 15) is 4.79 Å². The molecule has 0 aliphatic rings. The van der Waals surface area contributed by atoms with Crippen molar-refractivity contribution < 1.29 is 9.53 Å². The normalized spacial score (nSPS) is 11.9. The van der Waals surface area contributed by atoms with E-state index in [4.69, 9.17) is 4.74 Å². The van der Waals surface area contributed by atoms with Gasteiger partial charge in [-0.2, -0.15) is 0 Å². The number of methoxy groups -OCH3 is 1. The van der Waals surface area contributed by atoms with Gasteiger partial charge in [-0.25, -0.2) is 0 Å². The van der Waals surface area contributed by atoms with Gasteiger partial charge in [0, 0.05) is 0 Å². The van der Waals surface area contributed by atoms with Crippen molar-refractivity contribution in [2.45, 2.75) is 19.8 Å². The van der Waals surface area contributed by atoms with Crippen LogP contribution in [0.3, 0.4) is 0 Å². The van der Waals surface area contributed by atoms with Crippen LogP contribution < -0.4 is 4.74 Å². The lowest BCUT2D eigenvalue weighted by atomic mass is 9.90. The molecule has 1 atom stereocenters. The van der Waals surface area contributed by atoms with Gasteiger partial charge in [0.15, 0.2) is 0 Å². The van der Waals surface area contributed by atoms with Gasteiger partial charge in [-0.1, -0.05) is 42.5 Å². The maximum absolute atomic E-state index is 11.5. The molecule has 0 saturated heterocycles. The molecule has 0 spiro atoms. The second-order valence-corrected chi connectivity index (χ2v) is 4.71. The van der Waals surface area contributed by atoms with Crippen molar-refractivity contribution in [3.8, 4) is 5.75 Å². The summed E-state index contributed by atoms with van der Waals surface area (Å²) in [4.78, 5) is 11.5. The van der Waals surface area contributed by atoms with Crippen molar-refractivity contribution in [1.82, 2.24) is 0 Å². The Hall–Kier alpha value is -2.09. The summed E-state index contributed by atoms with van der Waals surface area (Å²) in [5.74, 6) is 0.672. The smallest absolute Gasteiger partial charge is 0.131 e. The highest BCUT2D eigenvalue weighted by molar-refractivity contribution is 5.69. The first-order valence-corrected chi connectivity index (χ1v) is 6.32. The predicted octanol–water partition coefficient (Wildman–Crippen LogP) is 3.64. The number of carbonyl (C=O) groups excluding carboxylic acids is 1. The van der Waals surface area contributed by atoms with Crippen LogP contribution in [0.25, 0.3) is 0 Å². The van der Waals surface area contributed by atoms with Gasteiger partial charge in [-0.05, 0) is 36.1 Å². The summed E-state index contributed by atoms with van der Waals surface area (Å²) >= 11 is 0. The molecule has 0 N–H and O–H groups in total. The highest BCUT2D eigenvalue weighted by Crippen LogP contribution is 2.30. The minimum Gasteiger partial charge on any atom is -0.496 e. The number of rotatable bonds is 4. The van der Waals surface area contributed by atoms with Crippen LogP contribution in [0, 0.1) is 13.8 Å². The van der Waals surface area contributed by atoms with Crippen LogP contribution >= 0.6 is 0 Å². The van der Waals surface area contributed by atoms with E-state index in [1.54, 1.807) is 7.11 Å². The fourth-order valence-electron chi connectivity index (χ4n) is 2.50. The number of ether oxygens (including phenoxy) is 1. The fourth-order valence-corrected chi connectivity index (χ4v) is 2.50. The Morgan fingerprint density at radius 1 is 1.00 bits per heavy atom. The Kier molecular flexibility index (Phi) is 4.00. The summed E-state index contributed by atoms with van der Waals surface area (Å²) in [6.07, 6.45) is 0.996. The number of carbonyl (C=O) groups is 1. The van der Waals surface area contributed by atoms with Crippen molar-refractivity contribution in [2.75, 3.05) is 7.11 Å². The van der Waals surface area contributed by atoms with Crippen LogP contribution in [0.1, 0.15) is 28.2 Å². The zero-order chi connectivity index (χ0) is 13.8. The van der Waals surface area contributed by atoms with Gasteiger partial charge in [0.05, 0.1) is 13.0 Å². The van der Waals surface area contributed by atoms with E-state index in [-0.39, 0.29) is 5.92 Å². The molecule has 0 fully saturated rings. The van der Waals surface area contributed by atoms with Crippen LogP contribution in [0.15, 0.2) is 42.5 Å². The Labute approximate surface area is 114 Å². The standard InChI is InChI=1S/C17H18O2/c1-12-9-15(10-13(2)17(12)19-3)16(11-18)14-7-5-4-6-8-14/h4-11,16H,1-3H3.